The first kappa shape index (κ1) is 10.3. The van der Waals surface area contributed by atoms with Gasteiger partial charge in [0, 0.05) is 33.8 Å². The van der Waals surface area contributed by atoms with Crippen molar-refractivity contribution in [2.45, 2.75) is 4.90 Å². The molecule has 15 heavy (non-hydrogen) atoms. The van der Waals surface area contributed by atoms with Gasteiger partial charge in [0.1, 0.15) is 5.82 Å². The van der Waals surface area contributed by atoms with E-state index in [4.69, 9.17) is 10.7 Å². The number of halogens is 2. The molecule has 0 amide bonds. The molecule has 0 spiro atoms. The predicted molar refractivity (Wildman–Crippen MR) is 54.7 cm³/mol. The SMILES string of the molecule is O=S(=O)(Cl)c1ccc(F)c2cnccc12. The zero-order chi connectivity index (χ0) is 11.1. The van der Waals surface area contributed by atoms with Crippen LogP contribution in [0.25, 0.3) is 10.8 Å². The molecule has 0 unspecified atom stereocenters. The molecule has 1 aromatic heterocycles. The highest BCUT2D eigenvalue weighted by molar-refractivity contribution is 8.14. The topological polar surface area (TPSA) is 47.0 Å². The van der Waals surface area contributed by atoms with E-state index >= 15 is 0 Å². The maximum Gasteiger partial charge on any atom is 0.261 e. The highest BCUT2D eigenvalue weighted by atomic mass is 35.7. The van der Waals surface area contributed by atoms with Crippen molar-refractivity contribution >= 4 is 30.5 Å². The molecule has 1 heterocycles. The van der Waals surface area contributed by atoms with Gasteiger partial charge < -0.3 is 0 Å². The monoisotopic (exact) mass is 245 g/mol. The lowest BCUT2D eigenvalue weighted by atomic mass is 10.2. The largest absolute Gasteiger partial charge is 0.264 e. The first-order chi connectivity index (χ1) is 7.00. The second-order valence-electron chi connectivity index (χ2n) is 2.90. The molecule has 0 aliphatic heterocycles. The van der Waals surface area contributed by atoms with E-state index in [0.29, 0.717) is 0 Å². The van der Waals surface area contributed by atoms with Gasteiger partial charge in [-0.1, -0.05) is 0 Å². The molecule has 1 aromatic carbocycles. The van der Waals surface area contributed by atoms with Crippen LogP contribution in [0.1, 0.15) is 0 Å². The quantitative estimate of drug-likeness (QED) is 0.725. The van der Waals surface area contributed by atoms with Crippen molar-refractivity contribution < 1.29 is 12.8 Å². The number of rotatable bonds is 1. The molecule has 6 heteroatoms. The predicted octanol–water partition coefficient (Wildman–Crippen LogP) is 2.30. The lowest BCUT2D eigenvalue weighted by molar-refractivity contribution is 0.609. The number of fused-ring (bicyclic) bond motifs is 1. The highest BCUT2D eigenvalue weighted by Gasteiger charge is 2.15. The standard InChI is InChI=1S/C9H5ClFNO2S/c10-15(13,14)9-2-1-8(11)7-5-12-4-3-6(7)9/h1-5H. The lowest BCUT2D eigenvalue weighted by Gasteiger charge is -2.03. The van der Waals surface area contributed by atoms with Gasteiger partial charge in [-0.15, -0.1) is 0 Å². The number of hydrogen-bond acceptors (Lipinski definition) is 3. The summed E-state index contributed by atoms with van der Waals surface area (Å²) < 4.78 is 35.6. The zero-order valence-electron chi connectivity index (χ0n) is 7.31. The van der Waals surface area contributed by atoms with E-state index < -0.39 is 14.9 Å². The Morgan fingerprint density at radius 1 is 1.20 bits per heavy atom. The van der Waals surface area contributed by atoms with E-state index in [1.807, 2.05) is 0 Å². The average Bonchev–Trinajstić information content (AvgIpc) is 2.17. The van der Waals surface area contributed by atoms with Crippen LogP contribution in [0, 0.1) is 5.82 Å². The van der Waals surface area contributed by atoms with Gasteiger partial charge in [-0.25, -0.2) is 12.8 Å². The first-order valence-electron chi connectivity index (χ1n) is 3.97. The van der Waals surface area contributed by atoms with E-state index in [1.54, 1.807) is 0 Å². The third-order valence-electron chi connectivity index (χ3n) is 1.99. The number of nitrogens with zero attached hydrogens (tertiary/aromatic N) is 1. The Bertz CT molecular complexity index is 627. The molecular weight excluding hydrogens is 241 g/mol. The van der Waals surface area contributed by atoms with Gasteiger partial charge in [-0.2, -0.15) is 0 Å². The van der Waals surface area contributed by atoms with Crippen LogP contribution < -0.4 is 0 Å². The van der Waals surface area contributed by atoms with E-state index in [2.05, 4.69) is 4.98 Å². The van der Waals surface area contributed by atoms with Gasteiger partial charge in [0.15, 0.2) is 0 Å². The van der Waals surface area contributed by atoms with Gasteiger partial charge in [0.05, 0.1) is 4.90 Å². The number of benzene rings is 1. The minimum atomic E-state index is -3.87. The van der Waals surface area contributed by atoms with Crippen LogP contribution in [0.3, 0.4) is 0 Å². The molecule has 0 aliphatic carbocycles. The van der Waals surface area contributed by atoms with Crippen LogP contribution in [0.4, 0.5) is 4.39 Å². The van der Waals surface area contributed by atoms with E-state index in [9.17, 15) is 12.8 Å². The third-order valence-corrected chi connectivity index (χ3v) is 3.37. The van der Waals surface area contributed by atoms with Crippen molar-refractivity contribution in [2.75, 3.05) is 0 Å². The average molecular weight is 246 g/mol. The molecule has 2 rings (SSSR count). The van der Waals surface area contributed by atoms with Crippen LogP contribution in [0.15, 0.2) is 35.5 Å². The Morgan fingerprint density at radius 3 is 2.60 bits per heavy atom. The minimum absolute atomic E-state index is 0.108. The summed E-state index contributed by atoms with van der Waals surface area (Å²) in [6.45, 7) is 0. The molecule has 0 fully saturated rings. The molecule has 78 valence electrons. The van der Waals surface area contributed by atoms with Crippen LogP contribution in [-0.2, 0) is 9.05 Å². The molecule has 0 atom stereocenters. The first-order valence-corrected chi connectivity index (χ1v) is 6.28. The molecule has 0 aliphatic rings. The van der Waals surface area contributed by atoms with Crippen molar-refractivity contribution in [3.63, 3.8) is 0 Å². The highest BCUT2D eigenvalue weighted by Crippen LogP contribution is 2.26. The van der Waals surface area contributed by atoms with Crippen molar-refractivity contribution in [3.05, 3.63) is 36.4 Å². The Morgan fingerprint density at radius 2 is 1.93 bits per heavy atom. The van der Waals surface area contributed by atoms with Gasteiger partial charge in [-0.3, -0.25) is 4.98 Å². The minimum Gasteiger partial charge on any atom is -0.264 e. The molecular formula is C9H5ClFNO2S. The molecule has 2 aromatic rings. The normalized spacial score (nSPS) is 11.9. The summed E-state index contributed by atoms with van der Waals surface area (Å²) in [6.07, 6.45) is 2.64. The summed E-state index contributed by atoms with van der Waals surface area (Å²) in [5, 5.41) is 0.374. The Hall–Kier alpha value is -1.20. The van der Waals surface area contributed by atoms with Crippen molar-refractivity contribution in [2.24, 2.45) is 0 Å². The fraction of sp³-hybridized carbons (Fsp3) is 0. The second-order valence-corrected chi connectivity index (χ2v) is 5.44. The molecule has 0 radical (unpaired) electrons. The summed E-state index contributed by atoms with van der Waals surface area (Å²) in [7, 11) is 1.35. The van der Waals surface area contributed by atoms with Crippen molar-refractivity contribution in [3.8, 4) is 0 Å². The van der Waals surface area contributed by atoms with E-state index in [1.165, 1.54) is 18.5 Å². The van der Waals surface area contributed by atoms with Gasteiger partial charge in [0.2, 0.25) is 0 Å². The molecule has 0 saturated heterocycles. The van der Waals surface area contributed by atoms with Gasteiger partial charge in [-0.05, 0) is 18.2 Å². The Labute approximate surface area is 89.9 Å². The maximum absolute atomic E-state index is 13.3. The molecule has 0 saturated carbocycles. The van der Waals surface area contributed by atoms with E-state index in [0.717, 1.165) is 12.1 Å². The smallest absolute Gasteiger partial charge is 0.261 e. The summed E-state index contributed by atoms with van der Waals surface area (Å²) in [4.78, 5) is 3.61. The van der Waals surface area contributed by atoms with Crippen LogP contribution in [0.2, 0.25) is 0 Å². The summed E-state index contributed by atoms with van der Waals surface area (Å²) in [6, 6.07) is 3.60. The van der Waals surface area contributed by atoms with Crippen molar-refractivity contribution in [1.82, 2.24) is 4.98 Å². The fourth-order valence-electron chi connectivity index (χ4n) is 1.34. The molecule has 0 bridgehead atoms. The van der Waals surface area contributed by atoms with Gasteiger partial charge in [0.25, 0.3) is 9.05 Å². The number of aromatic nitrogens is 1. The maximum atomic E-state index is 13.3. The molecule has 3 nitrogen and oxygen atoms in total. The summed E-state index contributed by atoms with van der Waals surface area (Å²) >= 11 is 0. The summed E-state index contributed by atoms with van der Waals surface area (Å²) in [5.41, 5.74) is 0. The van der Waals surface area contributed by atoms with Crippen molar-refractivity contribution in [1.29, 1.82) is 0 Å². The summed E-state index contributed by atoms with van der Waals surface area (Å²) in [5.74, 6) is -0.526. The lowest BCUT2D eigenvalue weighted by Crippen LogP contribution is -1.94. The zero-order valence-corrected chi connectivity index (χ0v) is 8.89. The Kier molecular flexibility index (Phi) is 2.36. The van der Waals surface area contributed by atoms with Crippen LogP contribution in [0.5, 0.6) is 0 Å². The number of hydrogen-bond donors (Lipinski definition) is 0. The third kappa shape index (κ3) is 1.80. The fourth-order valence-corrected chi connectivity index (χ4v) is 2.42. The van der Waals surface area contributed by atoms with Crippen LogP contribution >= 0.6 is 10.7 Å². The number of pyridine rings is 1. The Balaban J connectivity index is 2.96. The van der Waals surface area contributed by atoms with E-state index in [-0.39, 0.29) is 15.7 Å². The van der Waals surface area contributed by atoms with Gasteiger partial charge >= 0.3 is 0 Å². The molecule has 0 N–H and O–H groups in total. The second kappa shape index (κ2) is 3.43. The van der Waals surface area contributed by atoms with Crippen LogP contribution in [-0.4, -0.2) is 13.4 Å².